The highest BCUT2D eigenvalue weighted by molar-refractivity contribution is 5.95. The van der Waals surface area contributed by atoms with Crippen LogP contribution < -0.4 is 15.4 Å². The molecule has 0 fully saturated rings. The number of halogens is 1. The van der Waals surface area contributed by atoms with Crippen LogP contribution in [0, 0.1) is 5.82 Å². The number of amides is 1. The lowest BCUT2D eigenvalue weighted by Crippen LogP contribution is -2.41. The van der Waals surface area contributed by atoms with Crippen LogP contribution in [-0.4, -0.2) is 56.4 Å². The number of hydrogen-bond acceptors (Lipinski definition) is 10. The van der Waals surface area contributed by atoms with Crippen molar-refractivity contribution in [2.75, 3.05) is 13.1 Å². The van der Waals surface area contributed by atoms with E-state index in [1.807, 2.05) is 32.9 Å². The molecule has 0 aliphatic heterocycles. The minimum Gasteiger partial charge on any atom is -0.481 e. The van der Waals surface area contributed by atoms with Gasteiger partial charge in [-0.15, -0.1) is 0 Å². The number of benzene rings is 2. The van der Waals surface area contributed by atoms with E-state index in [2.05, 4.69) is 30.9 Å². The average molecular weight is 567 g/mol. The lowest BCUT2D eigenvalue weighted by molar-refractivity contribution is -0.135. The molecule has 0 spiro atoms. The Hall–Kier alpha value is -4.65. The van der Waals surface area contributed by atoms with Gasteiger partial charge in [0.25, 0.3) is 11.8 Å². The van der Waals surface area contributed by atoms with Crippen LogP contribution in [-0.2, 0) is 4.79 Å². The second kappa shape index (κ2) is 13.1. The molecule has 0 aliphatic carbocycles. The van der Waals surface area contributed by atoms with Gasteiger partial charge in [-0.25, -0.2) is 4.39 Å². The maximum Gasteiger partial charge on any atom is 0.317 e. The molecule has 2 aromatic carbocycles. The summed E-state index contributed by atoms with van der Waals surface area (Å²) >= 11 is 0. The van der Waals surface area contributed by atoms with Crippen molar-refractivity contribution < 1.29 is 32.9 Å². The van der Waals surface area contributed by atoms with Crippen LogP contribution >= 0.6 is 0 Å². The zero-order valence-electron chi connectivity index (χ0n) is 23.1. The second-order valence-corrected chi connectivity index (χ2v) is 9.70. The summed E-state index contributed by atoms with van der Waals surface area (Å²) in [5.74, 6) is -0.277. The van der Waals surface area contributed by atoms with E-state index in [0.29, 0.717) is 29.4 Å². The number of rotatable bonds is 13. The minimum absolute atomic E-state index is 0.132. The fourth-order valence-corrected chi connectivity index (χ4v) is 3.81. The molecule has 0 aliphatic rings. The van der Waals surface area contributed by atoms with Gasteiger partial charge in [0.1, 0.15) is 11.6 Å². The third kappa shape index (κ3) is 7.51. The molecule has 2 aromatic heterocycles. The summed E-state index contributed by atoms with van der Waals surface area (Å²) in [5, 5.41) is 22.0. The van der Waals surface area contributed by atoms with E-state index in [4.69, 9.17) is 18.9 Å². The van der Waals surface area contributed by atoms with Crippen LogP contribution in [0.2, 0.25) is 0 Å². The van der Waals surface area contributed by atoms with Crippen LogP contribution in [0.1, 0.15) is 68.3 Å². The van der Waals surface area contributed by atoms with Crippen molar-refractivity contribution >= 4 is 11.9 Å². The molecule has 12 nitrogen and oxygen atoms in total. The molecule has 1 amide bonds. The van der Waals surface area contributed by atoms with Crippen molar-refractivity contribution in [1.29, 1.82) is 0 Å². The largest absolute Gasteiger partial charge is 0.481 e. The van der Waals surface area contributed by atoms with Gasteiger partial charge in [0.2, 0.25) is 17.5 Å². The third-order valence-electron chi connectivity index (χ3n) is 5.99. The van der Waals surface area contributed by atoms with Crippen LogP contribution in [0.15, 0.2) is 51.5 Å². The molecule has 13 heteroatoms. The molecule has 3 N–H and O–H groups in total. The van der Waals surface area contributed by atoms with Gasteiger partial charge in [-0.2, -0.15) is 9.97 Å². The highest BCUT2D eigenvalue weighted by Crippen LogP contribution is 2.28. The Morgan fingerprint density at radius 3 is 2.22 bits per heavy atom. The monoisotopic (exact) mass is 566 g/mol. The Morgan fingerprint density at radius 1 is 0.976 bits per heavy atom. The number of nitrogens with zero attached hydrogens (tertiary/aromatic N) is 4. The Kier molecular flexibility index (Phi) is 9.40. The fraction of sp³-hybridized carbons (Fsp3) is 0.357. The number of hydrogen-bond donors (Lipinski definition) is 3. The lowest BCUT2D eigenvalue weighted by Gasteiger charge is -2.14. The molecule has 2 atom stereocenters. The van der Waals surface area contributed by atoms with E-state index < -0.39 is 29.8 Å². The molecule has 0 saturated carbocycles. The Labute approximate surface area is 235 Å². The number of aliphatic carboxylic acids is 1. The molecule has 4 aromatic rings. The summed E-state index contributed by atoms with van der Waals surface area (Å²) in [6.45, 7) is 7.50. The van der Waals surface area contributed by atoms with Crippen molar-refractivity contribution in [3.05, 3.63) is 65.6 Å². The predicted octanol–water partition coefficient (Wildman–Crippen LogP) is 4.37. The van der Waals surface area contributed by atoms with E-state index in [1.165, 1.54) is 12.1 Å². The van der Waals surface area contributed by atoms with Crippen molar-refractivity contribution in [3.63, 3.8) is 0 Å². The predicted molar refractivity (Wildman–Crippen MR) is 145 cm³/mol. The van der Waals surface area contributed by atoms with Crippen molar-refractivity contribution in [3.8, 4) is 28.5 Å². The zero-order valence-corrected chi connectivity index (χ0v) is 23.1. The molecule has 0 saturated heterocycles. The quantitative estimate of drug-likeness (QED) is 0.210. The number of aromatic nitrogens is 4. The van der Waals surface area contributed by atoms with E-state index >= 15 is 0 Å². The molecular weight excluding hydrogens is 535 g/mol. The van der Waals surface area contributed by atoms with Gasteiger partial charge in [-0.1, -0.05) is 37.2 Å². The maximum absolute atomic E-state index is 14.8. The summed E-state index contributed by atoms with van der Waals surface area (Å²) in [6, 6.07) is 10.8. The van der Waals surface area contributed by atoms with E-state index in [9.17, 15) is 14.0 Å². The fourth-order valence-electron chi connectivity index (χ4n) is 3.81. The van der Waals surface area contributed by atoms with Gasteiger partial charge in [-0.05, 0) is 49.7 Å². The molecule has 216 valence electrons. The van der Waals surface area contributed by atoms with Crippen LogP contribution in [0.5, 0.6) is 5.75 Å². The third-order valence-corrected chi connectivity index (χ3v) is 5.99. The van der Waals surface area contributed by atoms with Gasteiger partial charge in [0.05, 0.1) is 12.1 Å². The summed E-state index contributed by atoms with van der Waals surface area (Å²) in [7, 11) is 0. The van der Waals surface area contributed by atoms with E-state index in [1.54, 1.807) is 19.1 Å². The summed E-state index contributed by atoms with van der Waals surface area (Å²) < 4.78 is 31.6. The number of carboxylic acids is 1. The number of ether oxygens (including phenoxy) is 1. The van der Waals surface area contributed by atoms with E-state index in [-0.39, 0.29) is 36.3 Å². The number of nitrogens with one attached hydrogen (secondary N) is 2. The normalized spacial score (nSPS) is 12.7. The lowest BCUT2D eigenvalue weighted by atomic mass is 10.1. The number of carbonyl (C=O) groups excluding carboxylic acids is 1. The van der Waals surface area contributed by atoms with E-state index in [0.717, 1.165) is 11.6 Å². The Morgan fingerprint density at radius 2 is 1.61 bits per heavy atom. The number of carbonyl (C=O) groups is 2. The van der Waals surface area contributed by atoms with Crippen LogP contribution in [0.4, 0.5) is 4.39 Å². The first-order valence-corrected chi connectivity index (χ1v) is 13.1. The van der Waals surface area contributed by atoms with Gasteiger partial charge in [-0.3, -0.25) is 9.59 Å². The highest BCUT2D eigenvalue weighted by atomic mass is 19.1. The van der Waals surface area contributed by atoms with Crippen molar-refractivity contribution in [1.82, 2.24) is 30.9 Å². The van der Waals surface area contributed by atoms with Gasteiger partial charge < -0.3 is 29.5 Å². The van der Waals surface area contributed by atoms with Gasteiger partial charge in [0, 0.05) is 29.6 Å². The first-order chi connectivity index (χ1) is 19.6. The molecule has 1 unspecified atom stereocenters. The number of carboxylic acid groups (broad SMARTS) is 1. The Balaban J connectivity index is 1.39. The SMILES string of the molecule is CCC(Oc1ccc(-c2noc(C(C)C)n2)cc1)c1nc(-c2ccc(C(=O)N[C@H](C)CNCC(=O)O)c(F)c2)no1. The standard InChI is InChI=1S/C28H31FN6O6/c1-5-22(39-19-9-6-17(7-10-19)24-32-27(15(2)3)40-34-24)28-33-25(35-41-28)18-8-11-20(21(29)12-18)26(38)31-16(4)13-30-14-23(36)37/h6-12,15-16,22,30H,5,13-14H2,1-4H3,(H,31,38)(H,36,37)/t16-,22?/m1/s1. The smallest absolute Gasteiger partial charge is 0.317 e. The molecule has 0 bridgehead atoms. The molecule has 2 heterocycles. The summed E-state index contributed by atoms with van der Waals surface area (Å²) in [6.07, 6.45) is -0.0233. The minimum atomic E-state index is -1.01. The maximum atomic E-state index is 14.8. The molecular formula is C28H31FN6O6. The summed E-state index contributed by atoms with van der Waals surface area (Å²) in [4.78, 5) is 31.9. The topological polar surface area (TPSA) is 166 Å². The average Bonchev–Trinajstić information content (AvgIpc) is 3.63. The highest BCUT2D eigenvalue weighted by Gasteiger charge is 2.22. The Bertz CT molecular complexity index is 1490. The first kappa shape index (κ1) is 29.3. The molecule has 41 heavy (non-hydrogen) atoms. The van der Waals surface area contributed by atoms with Crippen LogP contribution in [0.3, 0.4) is 0 Å². The van der Waals surface area contributed by atoms with Crippen LogP contribution in [0.25, 0.3) is 22.8 Å². The summed E-state index contributed by atoms with van der Waals surface area (Å²) in [5.41, 5.74) is 0.942. The van der Waals surface area contributed by atoms with Gasteiger partial charge >= 0.3 is 5.97 Å². The van der Waals surface area contributed by atoms with Gasteiger partial charge in [0.15, 0.2) is 6.10 Å². The second-order valence-electron chi connectivity index (χ2n) is 9.70. The van der Waals surface area contributed by atoms with Crippen molar-refractivity contribution in [2.45, 2.75) is 52.2 Å². The molecule has 0 radical (unpaired) electrons. The molecule has 4 rings (SSSR count). The zero-order chi connectivity index (χ0) is 29.5. The first-order valence-electron chi connectivity index (χ1n) is 13.1. The van der Waals surface area contributed by atoms with Crippen molar-refractivity contribution in [2.24, 2.45) is 0 Å².